The topological polar surface area (TPSA) is 56.1 Å². The van der Waals surface area contributed by atoms with Gasteiger partial charge in [0.1, 0.15) is 5.75 Å². The van der Waals surface area contributed by atoms with Crippen LogP contribution in [0.15, 0.2) is 66.9 Å². The highest BCUT2D eigenvalue weighted by atomic mass is 16.5. The van der Waals surface area contributed by atoms with E-state index >= 15 is 0 Å². The van der Waals surface area contributed by atoms with E-state index in [4.69, 9.17) is 4.74 Å². The van der Waals surface area contributed by atoms with Gasteiger partial charge < -0.3 is 10.1 Å². The minimum atomic E-state index is -0.109. The summed E-state index contributed by atoms with van der Waals surface area (Å²) in [5.74, 6) is 0.639. The van der Waals surface area contributed by atoms with Crippen LogP contribution in [-0.4, -0.2) is 29.3 Å². The normalized spacial score (nSPS) is 10.9. The van der Waals surface area contributed by atoms with Gasteiger partial charge in [-0.2, -0.15) is 5.10 Å². The third kappa shape index (κ3) is 5.10. The number of aryl methyl sites for hydroxylation is 2. The molecule has 1 heterocycles. The van der Waals surface area contributed by atoms with Crippen molar-refractivity contribution in [1.82, 2.24) is 15.1 Å². The number of carbonyl (C=O) groups excluding carboxylic acids is 1. The van der Waals surface area contributed by atoms with E-state index in [2.05, 4.69) is 16.6 Å². The Labute approximate surface area is 165 Å². The Hall–Kier alpha value is -3.34. The summed E-state index contributed by atoms with van der Waals surface area (Å²) < 4.78 is 7.18. The zero-order valence-corrected chi connectivity index (χ0v) is 16.3. The summed E-state index contributed by atoms with van der Waals surface area (Å²) in [6, 6.07) is 17.7. The SMILES string of the molecule is COc1ccccc1C=CC(=O)NCCCc1cn(-c2ccccc2)nc1C. The van der Waals surface area contributed by atoms with E-state index in [1.807, 2.05) is 66.2 Å². The van der Waals surface area contributed by atoms with E-state index in [1.54, 1.807) is 13.2 Å². The number of nitrogens with one attached hydrogen (secondary N) is 1. The maximum atomic E-state index is 12.0. The number of para-hydroxylation sites is 2. The summed E-state index contributed by atoms with van der Waals surface area (Å²) in [5, 5.41) is 7.51. The highest BCUT2D eigenvalue weighted by molar-refractivity contribution is 5.92. The first-order valence-electron chi connectivity index (χ1n) is 9.37. The number of benzene rings is 2. The molecule has 3 aromatic rings. The third-order valence-corrected chi connectivity index (χ3v) is 4.50. The quantitative estimate of drug-likeness (QED) is 0.479. The predicted octanol–water partition coefficient (Wildman–Crippen LogP) is 3.95. The maximum absolute atomic E-state index is 12.0. The van der Waals surface area contributed by atoms with Gasteiger partial charge in [0, 0.05) is 24.4 Å². The van der Waals surface area contributed by atoms with Crippen LogP contribution in [-0.2, 0) is 11.2 Å². The van der Waals surface area contributed by atoms with Crippen molar-refractivity contribution in [2.24, 2.45) is 0 Å². The van der Waals surface area contributed by atoms with E-state index in [1.165, 1.54) is 11.6 Å². The monoisotopic (exact) mass is 375 g/mol. The number of amides is 1. The molecule has 5 heteroatoms. The van der Waals surface area contributed by atoms with Crippen molar-refractivity contribution in [2.75, 3.05) is 13.7 Å². The Bertz CT molecular complexity index is 945. The van der Waals surface area contributed by atoms with Crippen LogP contribution in [0.5, 0.6) is 5.75 Å². The molecule has 0 unspecified atom stereocenters. The van der Waals surface area contributed by atoms with Crippen molar-refractivity contribution >= 4 is 12.0 Å². The molecule has 1 amide bonds. The summed E-state index contributed by atoms with van der Waals surface area (Å²) in [7, 11) is 1.62. The highest BCUT2D eigenvalue weighted by Gasteiger charge is 2.06. The first kappa shape index (κ1) is 19.4. The van der Waals surface area contributed by atoms with Crippen LogP contribution in [0.2, 0.25) is 0 Å². The lowest BCUT2D eigenvalue weighted by atomic mass is 10.1. The minimum absolute atomic E-state index is 0.109. The van der Waals surface area contributed by atoms with Crippen molar-refractivity contribution in [2.45, 2.75) is 19.8 Å². The first-order chi connectivity index (χ1) is 13.7. The Morgan fingerprint density at radius 3 is 2.68 bits per heavy atom. The van der Waals surface area contributed by atoms with Crippen LogP contribution in [0.4, 0.5) is 0 Å². The van der Waals surface area contributed by atoms with Crippen molar-refractivity contribution in [3.8, 4) is 11.4 Å². The maximum Gasteiger partial charge on any atom is 0.244 e. The molecule has 0 aliphatic rings. The molecule has 0 atom stereocenters. The minimum Gasteiger partial charge on any atom is -0.496 e. The second kappa shape index (κ2) is 9.55. The molecule has 3 rings (SSSR count). The summed E-state index contributed by atoms with van der Waals surface area (Å²) in [4.78, 5) is 12.0. The van der Waals surface area contributed by atoms with Crippen molar-refractivity contribution in [3.05, 3.63) is 83.7 Å². The van der Waals surface area contributed by atoms with Crippen molar-refractivity contribution in [1.29, 1.82) is 0 Å². The number of rotatable bonds is 8. The molecule has 0 saturated carbocycles. The lowest BCUT2D eigenvalue weighted by Gasteiger charge is -2.04. The van der Waals surface area contributed by atoms with E-state index in [0.717, 1.165) is 35.5 Å². The molecule has 2 aromatic carbocycles. The van der Waals surface area contributed by atoms with E-state index in [-0.39, 0.29) is 5.91 Å². The Morgan fingerprint density at radius 1 is 1.14 bits per heavy atom. The molecule has 0 aliphatic heterocycles. The molecule has 0 fully saturated rings. The van der Waals surface area contributed by atoms with Crippen LogP contribution >= 0.6 is 0 Å². The number of carbonyl (C=O) groups is 1. The number of hydrogen-bond donors (Lipinski definition) is 1. The molecule has 0 spiro atoms. The van der Waals surface area contributed by atoms with Gasteiger partial charge in [-0.05, 0) is 49.6 Å². The molecule has 1 aromatic heterocycles. The largest absolute Gasteiger partial charge is 0.496 e. The van der Waals surface area contributed by atoms with E-state index in [0.29, 0.717) is 6.54 Å². The van der Waals surface area contributed by atoms with Gasteiger partial charge in [0.25, 0.3) is 0 Å². The number of methoxy groups -OCH3 is 1. The van der Waals surface area contributed by atoms with Gasteiger partial charge in [-0.1, -0.05) is 36.4 Å². The highest BCUT2D eigenvalue weighted by Crippen LogP contribution is 2.18. The lowest BCUT2D eigenvalue weighted by molar-refractivity contribution is -0.116. The summed E-state index contributed by atoms with van der Waals surface area (Å²) in [6.45, 7) is 2.63. The molecule has 0 saturated heterocycles. The fourth-order valence-electron chi connectivity index (χ4n) is 2.97. The second-order valence-electron chi connectivity index (χ2n) is 6.49. The average Bonchev–Trinajstić information content (AvgIpc) is 3.11. The molecular weight excluding hydrogens is 350 g/mol. The summed E-state index contributed by atoms with van der Waals surface area (Å²) >= 11 is 0. The van der Waals surface area contributed by atoms with Gasteiger partial charge in [-0.3, -0.25) is 4.79 Å². The van der Waals surface area contributed by atoms with Crippen LogP contribution in [0.1, 0.15) is 23.2 Å². The molecule has 0 radical (unpaired) electrons. The molecule has 0 aliphatic carbocycles. The first-order valence-corrected chi connectivity index (χ1v) is 9.37. The Kier molecular flexibility index (Phi) is 6.63. The number of aromatic nitrogens is 2. The number of hydrogen-bond acceptors (Lipinski definition) is 3. The van der Waals surface area contributed by atoms with Gasteiger partial charge in [-0.15, -0.1) is 0 Å². The predicted molar refractivity (Wildman–Crippen MR) is 112 cm³/mol. The van der Waals surface area contributed by atoms with Gasteiger partial charge >= 0.3 is 0 Å². The Balaban J connectivity index is 1.47. The van der Waals surface area contributed by atoms with E-state index in [9.17, 15) is 4.79 Å². The van der Waals surface area contributed by atoms with Crippen molar-refractivity contribution < 1.29 is 9.53 Å². The summed E-state index contributed by atoms with van der Waals surface area (Å²) in [6.07, 6.45) is 7.09. The smallest absolute Gasteiger partial charge is 0.244 e. The lowest BCUT2D eigenvalue weighted by Crippen LogP contribution is -2.22. The van der Waals surface area contributed by atoms with Crippen LogP contribution < -0.4 is 10.1 Å². The van der Waals surface area contributed by atoms with Crippen LogP contribution in [0, 0.1) is 6.92 Å². The number of ether oxygens (including phenoxy) is 1. The second-order valence-corrected chi connectivity index (χ2v) is 6.49. The zero-order valence-electron chi connectivity index (χ0n) is 16.3. The molecule has 28 heavy (non-hydrogen) atoms. The van der Waals surface area contributed by atoms with E-state index < -0.39 is 0 Å². The van der Waals surface area contributed by atoms with Crippen LogP contribution in [0.25, 0.3) is 11.8 Å². The molecule has 0 bridgehead atoms. The molecule has 144 valence electrons. The molecular formula is C23H25N3O2. The van der Waals surface area contributed by atoms with Gasteiger partial charge in [0.15, 0.2) is 0 Å². The average molecular weight is 375 g/mol. The van der Waals surface area contributed by atoms with Crippen LogP contribution in [0.3, 0.4) is 0 Å². The summed E-state index contributed by atoms with van der Waals surface area (Å²) in [5.41, 5.74) is 4.14. The third-order valence-electron chi connectivity index (χ3n) is 4.50. The fourth-order valence-corrected chi connectivity index (χ4v) is 2.97. The van der Waals surface area contributed by atoms with Gasteiger partial charge in [0.2, 0.25) is 5.91 Å². The fraction of sp³-hybridized carbons (Fsp3) is 0.217. The van der Waals surface area contributed by atoms with Gasteiger partial charge in [0.05, 0.1) is 18.5 Å². The Morgan fingerprint density at radius 2 is 1.89 bits per heavy atom. The molecule has 5 nitrogen and oxygen atoms in total. The number of nitrogens with zero attached hydrogens (tertiary/aromatic N) is 2. The zero-order chi connectivity index (χ0) is 19.8. The van der Waals surface area contributed by atoms with Gasteiger partial charge in [-0.25, -0.2) is 4.68 Å². The standard InChI is InChI=1S/C23H25N3O2/c1-18-20(17-26(25-18)21-11-4-3-5-12-21)10-8-16-24-23(27)15-14-19-9-6-7-13-22(19)28-2/h3-7,9,11-15,17H,8,10,16H2,1-2H3,(H,24,27). The molecule has 1 N–H and O–H groups in total. The van der Waals surface area contributed by atoms with Crippen molar-refractivity contribution in [3.63, 3.8) is 0 Å².